The molecule has 2 N–H and O–H groups in total. The van der Waals surface area contributed by atoms with E-state index in [9.17, 15) is 27.5 Å². The summed E-state index contributed by atoms with van der Waals surface area (Å²) < 4.78 is 46.7. The van der Waals surface area contributed by atoms with Crippen molar-refractivity contribution in [2.45, 2.75) is 51.5 Å². The number of sulfonamides is 1. The number of rotatable bonds is 11. The Bertz CT molecular complexity index is 1320. The van der Waals surface area contributed by atoms with Gasteiger partial charge in [-0.2, -0.15) is 4.99 Å². The van der Waals surface area contributed by atoms with Crippen molar-refractivity contribution in [3.05, 3.63) is 52.6 Å². The second kappa shape index (κ2) is 11.9. The van der Waals surface area contributed by atoms with Gasteiger partial charge in [-0.15, -0.1) is 0 Å². The minimum absolute atomic E-state index is 0.186. The van der Waals surface area contributed by atoms with E-state index in [1.54, 1.807) is 0 Å². The molecule has 1 saturated heterocycles. The van der Waals surface area contributed by atoms with Crippen molar-refractivity contribution in [1.82, 2.24) is 14.5 Å². The number of hydrogen-bond acceptors (Lipinski definition) is 7. The van der Waals surface area contributed by atoms with Crippen molar-refractivity contribution in [1.29, 1.82) is 0 Å². The second-order valence-corrected chi connectivity index (χ2v) is 11.9. The van der Waals surface area contributed by atoms with Gasteiger partial charge < -0.3 is 15.2 Å². The van der Waals surface area contributed by atoms with E-state index in [0.717, 1.165) is 24.8 Å². The molecule has 1 aromatic carbocycles. The number of carbonyl (C=O) groups is 2. The summed E-state index contributed by atoms with van der Waals surface area (Å²) in [6, 6.07) is 5.13. The molecule has 1 fully saturated rings. The van der Waals surface area contributed by atoms with Crippen molar-refractivity contribution in [3.63, 3.8) is 0 Å². The largest absolute Gasteiger partial charge is 0.480 e. The number of nitrogens with zero attached hydrogens (tertiary/aromatic N) is 3. The standard InChI is InChI=1S/C27H35FN4O6S/c1-4-17-16-20-22(25(33)29-2)23(18-9-11-19(28)12-10-18)38-26(20)30-24(17)32(39(3,36)37)15-6-5-13-31-14-7-8-21(31)27(34)35/h9-12,20-21H,4-8,13-16H2,1-3H3,(H,29,33)(H,34,35)/t20?,21-/m0/s1. The Balaban J connectivity index is 1.57. The number of carboxylic acids is 1. The number of carboxylic acid groups (broad SMARTS) is 1. The van der Waals surface area contributed by atoms with E-state index in [-0.39, 0.29) is 24.1 Å². The predicted molar refractivity (Wildman–Crippen MR) is 144 cm³/mol. The monoisotopic (exact) mass is 562 g/mol. The minimum Gasteiger partial charge on any atom is -0.480 e. The van der Waals surface area contributed by atoms with E-state index in [2.05, 4.69) is 10.3 Å². The Labute approximate surface area is 228 Å². The van der Waals surface area contributed by atoms with Crippen LogP contribution >= 0.6 is 0 Å². The zero-order chi connectivity index (χ0) is 28.3. The SMILES string of the molecule is CCC1=C(N(CCCCN2CCC[C@H]2C(=O)O)S(C)(=O)=O)N=C2OC(c3ccc(F)cc3)=C(C(=O)NC)C2C1. The number of fused-ring (bicyclic) bond motifs is 1. The molecule has 2 atom stereocenters. The van der Waals surface area contributed by atoms with Crippen LogP contribution in [0.2, 0.25) is 0 Å². The lowest BCUT2D eigenvalue weighted by Gasteiger charge is -2.29. The summed E-state index contributed by atoms with van der Waals surface area (Å²) >= 11 is 0. The number of allylic oxidation sites excluding steroid dienone is 1. The van der Waals surface area contributed by atoms with Gasteiger partial charge in [0.05, 0.1) is 17.7 Å². The van der Waals surface area contributed by atoms with E-state index in [4.69, 9.17) is 4.74 Å². The number of carbonyl (C=O) groups excluding carboxylic acids is 1. The number of amides is 1. The lowest BCUT2D eigenvalue weighted by Crippen LogP contribution is -2.37. The van der Waals surface area contributed by atoms with Gasteiger partial charge in [-0.05, 0) is 81.5 Å². The van der Waals surface area contributed by atoms with Crippen molar-refractivity contribution in [2.75, 3.05) is 32.9 Å². The molecule has 0 bridgehead atoms. The van der Waals surface area contributed by atoms with Gasteiger partial charge >= 0.3 is 5.97 Å². The molecule has 10 nitrogen and oxygen atoms in total. The fourth-order valence-corrected chi connectivity index (χ4v) is 6.39. The maximum Gasteiger partial charge on any atom is 0.320 e. The van der Waals surface area contributed by atoms with Gasteiger partial charge in [0.1, 0.15) is 23.4 Å². The third kappa shape index (κ3) is 6.17. The van der Waals surface area contributed by atoms with E-state index in [1.807, 2.05) is 11.8 Å². The molecule has 212 valence electrons. The van der Waals surface area contributed by atoms with Crippen molar-refractivity contribution in [3.8, 4) is 0 Å². The first kappa shape index (κ1) is 28.8. The van der Waals surface area contributed by atoms with Crippen LogP contribution in [0, 0.1) is 11.7 Å². The molecule has 0 saturated carbocycles. The second-order valence-electron chi connectivity index (χ2n) is 9.99. The number of unbranched alkanes of at least 4 members (excludes halogenated alkanes) is 1. The average Bonchev–Trinajstić information content (AvgIpc) is 3.51. The molecule has 1 aromatic rings. The van der Waals surface area contributed by atoms with Crippen LogP contribution in [0.4, 0.5) is 4.39 Å². The fourth-order valence-electron chi connectivity index (χ4n) is 5.44. The van der Waals surface area contributed by atoms with Crippen LogP contribution in [-0.4, -0.2) is 79.5 Å². The van der Waals surface area contributed by atoms with Gasteiger partial charge in [0.25, 0.3) is 5.91 Å². The molecule has 12 heteroatoms. The smallest absolute Gasteiger partial charge is 0.320 e. The number of hydrogen-bond donors (Lipinski definition) is 2. The zero-order valence-corrected chi connectivity index (χ0v) is 23.3. The normalized spacial score (nSPS) is 21.5. The molecule has 3 aliphatic rings. The van der Waals surface area contributed by atoms with Crippen LogP contribution in [0.5, 0.6) is 0 Å². The highest BCUT2D eigenvalue weighted by Gasteiger charge is 2.42. The number of ether oxygens (including phenoxy) is 1. The number of likely N-dealkylation sites (N-methyl/N-ethyl adjacent to an activating group) is 1. The Hall–Kier alpha value is -3.25. The number of nitrogens with one attached hydrogen (secondary N) is 1. The molecular weight excluding hydrogens is 527 g/mol. The number of aliphatic imine (C=N–C) groups is 1. The Morgan fingerprint density at radius 2 is 1.97 bits per heavy atom. The molecular formula is C27H35FN4O6S. The highest BCUT2D eigenvalue weighted by Crippen LogP contribution is 2.42. The summed E-state index contributed by atoms with van der Waals surface area (Å²) in [5.41, 5.74) is 1.68. The molecule has 3 heterocycles. The van der Waals surface area contributed by atoms with Gasteiger partial charge in [-0.3, -0.25) is 18.8 Å². The Kier molecular flexibility index (Phi) is 8.75. The van der Waals surface area contributed by atoms with Crippen LogP contribution in [0.25, 0.3) is 5.76 Å². The lowest BCUT2D eigenvalue weighted by atomic mass is 9.88. The number of halogens is 1. The highest BCUT2D eigenvalue weighted by molar-refractivity contribution is 7.88. The number of likely N-dealkylation sites (tertiary alicyclic amines) is 1. The summed E-state index contributed by atoms with van der Waals surface area (Å²) in [5.74, 6) is -1.27. The fraction of sp³-hybridized carbons (Fsp3) is 0.519. The highest BCUT2D eigenvalue weighted by atomic mass is 32.2. The minimum atomic E-state index is -3.69. The number of benzene rings is 1. The summed E-state index contributed by atoms with van der Waals surface area (Å²) in [5, 5.41) is 12.0. The molecule has 1 amide bonds. The van der Waals surface area contributed by atoms with E-state index in [1.165, 1.54) is 35.6 Å². The Morgan fingerprint density at radius 3 is 2.59 bits per heavy atom. The average molecular weight is 563 g/mol. The maximum absolute atomic E-state index is 13.6. The molecule has 0 radical (unpaired) electrons. The molecule has 3 aliphatic heterocycles. The molecule has 0 aliphatic carbocycles. The van der Waals surface area contributed by atoms with Crippen molar-refractivity contribution >= 4 is 33.6 Å². The van der Waals surface area contributed by atoms with Crippen LogP contribution in [0.3, 0.4) is 0 Å². The number of aliphatic carboxylic acids is 1. The van der Waals surface area contributed by atoms with E-state index < -0.39 is 33.8 Å². The zero-order valence-electron chi connectivity index (χ0n) is 22.4. The van der Waals surface area contributed by atoms with Gasteiger partial charge in [-0.25, -0.2) is 12.8 Å². The predicted octanol–water partition coefficient (Wildman–Crippen LogP) is 2.94. The Morgan fingerprint density at radius 1 is 1.26 bits per heavy atom. The topological polar surface area (TPSA) is 129 Å². The van der Waals surface area contributed by atoms with Crippen LogP contribution < -0.4 is 5.32 Å². The third-order valence-electron chi connectivity index (χ3n) is 7.43. The van der Waals surface area contributed by atoms with Crippen molar-refractivity contribution < 1.29 is 32.2 Å². The molecule has 0 aromatic heterocycles. The third-order valence-corrected chi connectivity index (χ3v) is 8.58. The first-order chi connectivity index (χ1) is 18.5. The van der Waals surface area contributed by atoms with Gasteiger partial charge in [0.15, 0.2) is 0 Å². The summed E-state index contributed by atoms with van der Waals surface area (Å²) in [6.45, 7) is 3.40. The van der Waals surface area contributed by atoms with E-state index >= 15 is 0 Å². The quantitative estimate of drug-likeness (QED) is 0.397. The maximum atomic E-state index is 13.6. The molecule has 4 rings (SSSR count). The first-order valence-corrected chi connectivity index (χ1v) is 15.0. The van der Waals surface area contributed by atoms with Crippen LogP contribution in [0.1, 0.15) is 51.0 Å². The van der Waals surface area contributed by atoms with Crippen LogP contribution in [-0.2, 0) is 24.3 Å². The van der Waals surface area contributed by atoms with E-state index in [0.29, 0.717) is 55.6 Å². The first-order valence-electron chi connectivity index (χ1n) is 13.2. The summed E-state index contributed by atoms with van der Waals surface area (Å²) in [4.78, 5) is 30.9. The lowest BCUT2D eigenvalue weighted by molar-refractivity contribution is -0.142. The summed E-state index contributed by atoms with van der Waals surface area (Å²) in [6.07, 6.45) is 4.64. The van der Waals surface area contributed by atoms with Gasteiger partial charge in [0, 0.05) is 19.2 Å². The van der Waals surface area contributed by atoms with Crippen LogP contribution in [0.15, 0.2) is 46.2 Å². The molecule has 1 unspecified atom stereocenters. The van der Waals surface area contributed by atoms with Crippen molar-refractivity contribution in [2.24, 2.45) is 10.9 Å². The van der Waals surface area contributed by atoms with Gasteiger partial charge in [-0.1, -0.05) is 6.92 Å². The van der Waals surface area contributed by atoms with Gasteiger partial charge in [0.2, 0.25) is 15.9 Å². The molecule has 39 heavy (non-hydrogen) atoms. The summed E-state index contributed by atoms with van der Waals surface area (Å²) in [7, 11) is -2.18. The molecule has 0 spiro atoms.